The molecule has 23 heavy (non-hydrogen) atoms. The van der Waals surface area contributed by atoms with E-state index in [0.29, 0.717) is 5.66 Å². The summed E-state index contributed by atoms with van der Waals surface area (Å²) in [6.45, 7) is 3.73. The van der Waals surface area contributed by atoms with Crippen molar-refractivity contribution in [3.8, 4) is 0 Å². The van der Waals surface area contributed by atoms with Crippen LogP contribution in [0.4, 0.5) is 11.5 Å². The zero-order chi connectivity index (χ0) is 15.6. The Labute approximate surface area is 135 Å². The van der Waals surface area contributed by atoms with Crippen LogP contribution in [-0.4, -0.2) is 43.7 Å². The standard InChI is InChI=1S/C17H17BN3O2/c22-18-16-12-14-15(23-16)6-7-19-17(14)21-10-8-20(9-11-21)13-4-2-1-3-5-13/h1-7,12,22H,8-11H2. The molecule has 2 aromatic heterocycles. The number of fused-ring (bicyclic) bond motifs is 1. The molecule has 0 atom stereocenters. The summed E-state index contributed by atoms with van der Waals surface area (Å²) < 4.78 is 5.56. The minimum Gasteiger partial charge on any atom is -0.468 e. The molecule has 0 aliphatic carbocycles. The number of para-hydroxylation sites is 1. The van der Waals surface area contributed by atoms with Gasteiger partial charge in [-0.1, -0.05) is 18.2 Å². The summed E-state index contributed by atoms with van der Waals surface area (Å²) in [6.07, 6.45) is 1.76. The third-order valence-corrected chi connectivity index (χ3v) is 4.27. The molecular weight excluding hydrogens is 289 g/mol. The van der Waals surface area contributed by atoms with Crippen LogP contribution in [0.2, 0.25) is 0 Å². The lowest BCUT2D eigenvalue weighted by molar-refractivity contribution is 0.584. The molecule has 5 nitrogen and oxygen atoms in total. The van der Waals surface area contributed by atoms with Crippen molar-refractivity contribution in [3.63, 3.8) is 0 Å². The second kappa shape index (κ2) is 5.97. The van der Waals surface area contributed by atoms with E-state index in [0.717, 1.165) is 50.4 Å². The Morgan fingerprint density at radius 3 is 2.48 bits per heavy atom. The number of nitrogens with zero attached hydrogens (tertiary/aromatic N) is 3. The molecule has 0 bridgehead atoms. The van der Waals surface area contributed by atoms with E-state index in [1.54, 1.807) is 6.20 Å². The van der Waals surface area contributed by atoms with E-state index >= 15 is 0 Å². The van der Waals surface area contributed by atoms with Gasteiger partial charge >= 0.3 is 7.48 Å². The number of benzene rings is 1. The van der Waals surface area contributed by atoms with Crippen LogP contribution in [-0.2, 0) is 0 Å². The normalized spacial score (nSPS) is 15.2. The predicted octanol–water partition coefficient (Wildman–Crippen LogP) is 1.39. The molecule has 1 saturated heterocycles. The van der Waals surface area contributed by atoms with E-state index in [4.69, 9.17) is 9.44 Å². The molecule has 0 amide bonds. The highest BCUT2D eigenvalue weighted by atomic mass is 16.3. The monoisotopic (exact) mass is 306 g/mol. The molecule has 0 spiro atoms. The first-order chi connectivity index (χ1) is 11.3. The number of hydrogen-bond acceptors (Lipinski definition) is 5. The largest absolute Gasteiger partial charge is 0.468 e. The molecule has 0 unspecified atom stereocenters. The third kappa shape index (κ3) is 2.66. The number of furan rings is 1. The lowest BCUT2D eigenvalue weighted by atomic mass is 9.98. The van der Waals surface area contributed by atoms with Crippen molar-refractivity contribution in [1.82, 2.24) is 4.98 Å². The van der Waals surface area contributed by atoms with Gasteiger partial charge in [0.1, 0.15) is 11.4 Å². The average Bonchev–Trinajstić information content (AvgIpc) is 3.06. The first-order valence-electron chi connectivity index (χ1n) is 7.76. The maximum absolute atomic E-state index is 9.14. The maximum Gasteiger partial charge on any atom is 0.373 e. The van der Waals surface area contributed by atoms with Crippen LogP contribution in [0.3, 0.4) is 0 Å². The van der Waals surface area contributed by atoms with Gasteiger partial charge in [-0.05, 0) is 24.3 Å². The van der Waals surface area contributed by atoms with E-state index in [2.05, 4.69) is 39.0 Å². The SMILES string of the molecule is O[B]c1cc2c(N3CCN(c4ccccc4)CC3)nccc2o1. The van der Waals surface area contributed by atoms with Gasteiger partial charge in [-0.3, -0.25) is 0 Å². The topological polar surface area (TPSA) is 52.7 Å². The summed E-state index contributed by atoms with van der Waals surface area (Å²) in [5.41, 5.74) is 2.47. The minimum atomic E-state index is 0.456. The first kappa shape index (κ1) is 14.1. The fourth-order valence-corrected chi connectivity index (χ4v) is 3.10. The summed E-state index contributed by atoms with van der Waals surface area (Å²) in [6, 6.07) is 14.1. The van der Waals surface area contributed by atoms with Crippen molar-refractivity contribution in [2.45, 2.75) is 0 Å². The molecule has 6 heteroatoms. The quantitative estimate of drug-likeness (QED) is 0.741. The zero-order valence-corrected chi connectivity index (χ0v) is 12.7. The Morgan fingerprint density at radius 2 is 1.74 bits per heavy atom. The minimum absolute atomic E-state index is 0.456. The summed E-state index contributed by atoms with van der Waals surface area (Å²) in [5.74, 6) is 0.923. The number of anilines is 2. The van der Waals surface area contributed by atoms with Gasteiger partial charge in [0, 0.05) is 38.1 Å². The van der Waals surface area contributed by atoms with Gasteiger partial charge in [0.2, 0.25) is 0 Å². The van der Waals surface area contributed by atoms with Crippen LogP contribution < -0.4 is 15.5 Å². The molecule has 1 aliphatic heterocycles. The molecular formula is C17H17BN3O2. The lowest BCUT2D eigenvalue weighted by Crippen LogP contribution is -2.46. The average molecular weight is 306 g/mol. The van der Waals surface area contributed by atoms with Crippen molar-refractivity contribution < 1.29 is 9.44 Å². The Kier molecular flexibility index (Phi) is 3.67. The van der Waals surface area contributed by atoms with Crippen LogP contribution in [0.1, 0.15) is 0 Å². The third-order valence-electron chi connectivity index (χ3n) is 4.27. The van der Waals surface area contributed by atoms with Gasteiger partial charge in [-0.15, -0.1) is 0 Å². The highest BCUT2D eigenvalue weighted by Gasteiger charge is 2.21. The van der Waals surface area contributed by atoms with Gasteiger partial charge in [0.15, 0.2) is 0 Å². The van der Waals surface area contributed by atoms with Gasteiger partial charge in [0.25, 0.3) is 0 Å². The number of piperazine rings is 1. The molecule has 3 heterocycles. The molecule has 1 fully saturated rings. The second-order valence-electron chi connectivity index (χ2n) is 5.63. The maximum atomic E-state index is 9.14. The molecule has 1 aliphatic rings. The number of rotatable bonds is 3. The Balaban J connectivity index is 1.55. The molecule has 1 N–H and O–H groups in total. The van der Waals surface area contributed by atoms with Gasteiger partial charge in [0.05, 0.1) is 11.0 Å². The zero-order valence-electron chi connectivity index (χ0n) is 12.7. The molecule has 1 radical (unpaired) electrons. The van der Waals surface area contributed by atoms with Crippen molar-refractivity contribution in [1.29, 1.82) is 0 Å². The summed E-state index contributed by atoms with van der Waals surface area (Å²) >= 11 is 0. The molecule has 4 rings (SSSR count). The van der Waals surface area contributed by atoms with E-state index in [9.17, 15) is 0 Å². The van der Waals surface area contributed by atoms with E-state index in [1.165, 1.54) is 5.69 Å². The van der Waals surface area contributed by atoms with Gasteiger partial charge < -0.3 is 19.2 Å². The van der Waals surface area contributed by atoms with Crippen molar-refractivity contribution in [2.24, 2.45) is 0 Å². The summed E-state index contributed by atoms with van der Waals surface area (Å²) in [5, 5.41) is 10.1. The summed E-state index contributed by atoms with van der Waals surface area (Å²) in [7, 11) is 0.983. The molecule has 1 aromatic carbocycles. The lowest BCUT2D eigenvalue weighted by Gasteiger charge is -2.36. The fraction of sp³-hybridized carbons (Fsp3) is 0.235. The van der Waals surface area contributed by atoms with Crippen LogP contribution in [0.25, 0.3) is 11.0 Å². The molecule has 0 saturated carbocycles. The van der Waals surface area contributed by atoms with Crippen molar-refractivity contribution in [3.05, 3.63) is 48.7 Å². The van der Waals surface area contributed by atoms with E-state index in [1.807, 2.05) is 18.2 Å². The highest BCUT2D eigenvalue weighted by Crippen LogP contribution is 2.26. The Hall–Kier alpha value is -2.47. The van der Waals surface area contributed by atoms with Gasteiger partial charge in [-0.25, -0.2) is 4.98 Å². The van der Waals surface area contributed by atoms with Crippen molar-refractivity contribution in [2.75, 3.05) is 36.0 Å². The predicted molar refractivity (Wildman–Crippen MR) is 92.5 cm³/mol. The molecule has 3 aromatic rings. The number of aromatic nitrogens is 1. The van der Waals surface area contributed by atoms with E-state index < -0.39 is 0 Å². The van der Waals surface area contributed by atoms with Crippen LogP contribution in [0.15, 0.2) is 53.1 Å². The first-order valence-corrected chi connectivity index (χ1v) is 7.76. The second-order valence-corrected chi connectivity index (χ2v) is 5.63. The van der Waals surface area contributed by atoms with Crippen LogP contribution in [0, 0.1) is 0 Å². The summed E-state index contributed by atoms with van der Waals surface area (Å²) in [4.78, 5) is 9.19. The van der Waals surface area contributed by atoms with Crippen LogP contribution in [0.5, 0.6) is 0 Å². The highest BCUT2D eigenvalue weighted by molar-refractivity contribution is 6.44. The number of hydrogen-bond donors (Lipinski definition) is 1. The Bertz CT molecular complexity index is 798. The fourth-order valence-electron chi connectivity index (χ4n) is 3.10. The molecule has 115 valence electrons. The smallest absolute Gasteiger partial charge is 0.373 e. The van der Waals surface area contributed by atoms with Crippen LogP contribution >= 0.6 is 0 Å². The van der Waals surface area contributed by atoms with Gasteiger partial charge in [-0.2, -0.15) is 0 Å². The van der Waals surface area contributed by atoms with Crippen molar-refractivity contribution >= 4 is 35.6 Å². The number of pyridine rings is 1. The van der Waals surface area contributed by atoms with E-state index in [-0.39, 0.29) is 0 Å². The Morgan fingerprint density at radius 1 is 1.00 bits per heavy atom.